The minimum atomic E-state index is -3.40. The third-order valence-electron chi connectivity index (χ3n) is 5.31. The van der Waals surface area contributed by atoms with Crippen molar-refractivity contribution in [3.63, 3.8) is 0 Å². The van der Waals surface area contributed by atoms with Crippen molar-refractivity contribution in [1.82, 2.24) is 9.62 Å². The Labute approximate surface area is 151 Å². The Kier molecular flexibility index (Phi) is 6.87. The highest BCUT2D eigenvalue weighted by atomic mass is 32.2. The Morgan fingerprint density at radius 3 is 2.40 bits per heavy atom. The standard InChI is InChI=1S/C19H30N2O3S/c22-25(23,20-11-4-12-21-13-15-24-16-14-21)19-9-7-18(8-10-19)17-5-2-1-3-6-17/h7-10,17,20H,1-6,11-16H2. The van der Waals surface area contributed by atoms with E-state index in [-0.39, 0.29) is 0 Å². The molecule has 1 saturated carbocycles. The molecule has 2 fully saturated rings. The van der Waals surface area contributed by atoms with Crippen LogP contribution in [0.15, 0.2) is 29.2 Å². The molecule has 2 aliphatic rings. The third-order valence-corrected chi connectivity index (χ3v) is 6.79. The summed E-state index contributed by atoms with van der Waals surface area (Å²) in [5.74, 6) is 0.604. The van der Waals surface area contributed by atoms with E-state index in [1.165, 1.54) is 37.7 Å². The van der Waals surface area contributed by atoms with Gasteiger partial charge >= 0.3 is 0 Å². The quantitative estimate of drug-likeness (QED) is 0.754. The zero-order valence-electron chi connectivity index (χ0n) is 15.0. The zero-order chi connectivity index (χ0) is 17.5. The van der Waals surface area contributed by atoms with Crippen LogP contribution < -0.4 is 4.72 Å². The number of rotatable bonds is 7. The molecule has 6 heteroatoms. The molecule has 1 aromatic rings. The second-order valence-corrected chi connectivity index (χ2v) is 8.88. The van der Waals surface area contributed by atoms with Crippen molar-refractivity contribution >= 4 is 10.0 Å². The highest BCUT2D eigenvalue weighted by Crippen LogP contribution is 2.32. The summed E-state index contributed by atoms with van der Waals surface area (Å²) in [5, 5.41) is 0. The Morgan fingerprint density at radius 2 is 1.72 bits per heavy atom. The Morgan fingerprint density at radius 1 is 1.04 bits per heavy atom. The van der Waals surface area contributed by atoms with Gasteiger partial charge in [0.1, 0.15) is 0 Å². The van der Waals surface area contributed by atoms with Crippen molar-refractivity contribution in [1.29, 1.82) is 0 Å². The molecule has 5 nitrogen and oxygen atoms in total. The molecule has 1 aromatic carbocycles. The predicted octanol–water partition coefficient (Wildman–Crippen LogP) is 2.73. The molecular formula is C19H30N2O3S. The lowest BCUT2D eigenvalue weighted by Crippen LogP contribution is -2.38. The highest BCUT2D eigenvalue weighted by Gasteiger charge is 2.18. The smallest absolute Gasteiger partial charge is 0.240 e. The number of benzene rings is 1. The lowest BCUT2D eigenvalue weighted by Gasteiger charge is -2.26. The van der Waals surface area contributed by atoms with Gasteiger partial charge in [0.25, 0.3) is 0 Å². The first-order valence-corrected chi connectivity index (χ1v) is 11.0. The van der Waals surface area contributed by atoms with Crippen molar-refractivity contribution < 1.29 is 13.2 Å². The first-order chi connectivity index (χ1) is 12.1. The van der Waals surface area contributed by atoms with Crippen LogP contribution in [-0.4, -0.2) is 52.7 Å². The van der Waals surface area contributed by atoms with E-state index >= 15 is 0 Å². The van der Waals surface area contributed by atoms with Gasteiger partial charge < -0.3 is 4.74 Å². The molecule has 0 unspecified atom stereocenters. The maximum atomic E-state index is 12.4. The van der Waals surface area contributed by atoms with E-state index in [1.54, 1.807) is 12.1 Å². The van der Waals surface area contributed by atoms with E-state index in [4.69, 9.17) is 4.74 Å². The Hall–Kier alpha value is -0.950. The molecule has 0 radical (unpaired) electrons. The Bertz CT molecular complexity index is 619. The van der Waals surface area contributed by atoms with E-state index in [0.717, 1.165) is 39.3 Å². The number of hydrogen-bond acceptors (Lipinski definition) is 4. The summed E-state index contributed by atoms with van der Waals surface area (Å²) < 4.78 is 32.9. The Balaban J connectivity index is 1.47. The van der Waals surface area contributed by atoms with E-state index in [0.29, 0.717) is 17.4 Å². The van der Waals surface area contributed by atoms with Crippen LogP contribution in [0.1, 0.15) is 50.0 Å². The van der Waals surface area contributed by atoms with Gasteiger partial charge in [0, 0.05) is 19.6 Å². The molecular weight excluding hydrogens is 336 g/mol. The van der Waals surface area contributed by atoms with E-state index in [1.807, 2.05) is 12.1 Å². The van der Waals surface area contributed by atoms with Crippen molar-refractivity contribution in [3.05, 3.63) is 29.8 Å². The summed E-state index contributed by atoms with van der Waals surface area (Å²) in [6.45, 7) is 4.82. The number of ether oxygens (including phenoxy) is 1. The van der Waals surface area contributed by atoms with Gasteiger partial charge in [-0.3, -0.25) is 4.90 Å². The van der Waals surface area contributed by atoms with Gasteiger partial charge in [0.05, 0.1) is 18.1 Å². The van der Waals surface area contributed by atoms with E-state index < -0.39 is 10.0 Å². The minimum Gasteiger partial charge on any atom is -0.379 e. The summed E-state index contributed by atoms with van der Waals surface area (Å²) in [4.78, 5) is 2.69. The van der Waals surface area contributed by atoms with Crippen LogP contribution in [0.2, 0.25) is 0 Å². The van der Waals surface area contributed by atoms with Gasteiger partial charge in [0.15, 0.2) is 0 Å². The van der Waals surface area contributed by atoms with Gasteiger partial charge in [-0.15, -0.1) is 0 Å². The first kappa shape index (κ1) is 18.8. The topological polar surface area (TPSA) is 58.6 Å². The van der Waals surface area contributed by atoms with Crippen molar-refractivity contribution in [2.24, 2.45) is 0 Å². The summed E-state index contributed by atoms with van der Waals surface area (Å²) in [6, 6.07) is 7.51. The molecule has 25 heavy (non-hydrogen) atoms. The van der Waals surface area contributed by atoms with Crippen LogP contribution in [0.5, 0.6) is 0 Å². The number of sulfonamides is 1. The lowest BCUT2D eigenvalue weighted by atomic mass is 9.84. The molecule has 3 rings (SSSR count). The molecule has 1 N–H and O–H groups in total. The van der Waals surface area contributed by atoms with Crippen molar-refractivity contribution in [3.8, 4) is 0 Å². The first-order valence-electron chi connectivity index (χ1n) is 9.55. The van der Waals surface area contributed by atoms with Crippen molar-refractivity contribution in [2.45, 2.75) is 49.3 Å². The molecule has 140 valence electrons. The predicted molar refractivity (Wildman–Crippen MR) is 99.3 cm³/mol. The van der Waals surface area contributed by atoms with Crippen molar-refractivity contribution in [2.75, 3.05) is 39.4 Å². The summed E-state index contributed by atoms with van der Waals surface area (Å²) in [7, 11) is -3.40. The second-order valence-electron chi connectivity index (χ2n) is 7.11. The summed E-state index contributed by atoms with van der Waals surface area (Å²) in [5.41, 5.74) is 1.28. The van der Waals surface area contributed by atoms with Gasteiger partial charge in [-0.25, -0.2) is 13.1 Å². The SMILES string of the molecule is O=S(=O)(NCCCN1CCOCC1)c1ccc(C2CCCCC2)cc1. The largest absolute Gasteiger partial charge is 0.379 e. The van der Waals surface area contributed by atoms with Crippen LogP contribution in [0.3, 0.4) is 0 Å². The van der Waals surface area contributed by atoms with E-state index in [2.05, 4.69) is 9.62 Å². The number of nitrogens with zero attached hydrogens (tertiary/aromatic N) is 1. The number of nitrogens with one attached hydrogen (secondary N) is 1. The monoisotopic (exact) mass is 366 g/mol. The van der Waals surface area contributed by atoms with Crippen LogP contribution >= 0.6 is 0 Å². The van der Waals surface area contributed by atoms with Crippen LogP contribution in [0.25, 0.3) is 0 Å². The summed E-state index contributed by atoms with van der Waals surface area (Å²) in [6.07, 6.45) is 7.18. The third kappa shape index (κ3) is 5.51. The van der Waals surface area contributed by atoms with Gasteiger partial charge in [-0.2, -0.15) is 0 Å². The number of morpholine rings is 1. The molecule has 0 aromatic heterocycles. The maximum Gasteiger partial charge on any atom is 0.240 e. The molecule has 1 aliphatic carbocycles. The molecule has 0 bridgehead atoms. The van der Waals surface area contributed by atoms with Gasteiger partial charge in [-0.05, 0) is 49.4 Å². The molecule has 0 amide bonds. The molecule has 0 atom stereocenters. The van der Waals surface area contributed by atoms with Crippen LogP contribution in [0.4, 0.5) is 0 Å². The molecule has 1 aliphatic heterocycles. The fraction of sp³-hybridized carbons (Fsp3) is 0.684. The molecule has 1 heterocycles. The second kappa shape index (κ2) is 9.12. The van der Waals surface area contributed by atoms with Crippen LogP contribution in [-0.2, 0) is 14.8 Å². The zero-order valence-corrected chi connectivity index (χ0v) is 15.8. The fourth-order valence-corrected chi connectivity index (χ4v) is 4.85. The van der Waals surface area contributed by atoms with Gasteiger partial charge in [-0.1, -0.05) is 31.4 Å². The average molecular weight is 367 g/mol. The summed E-state index contributed by atoms with van der Waals surface area (Å²) >= 11 is 0. The van der Waals surface area contributed by atoms with E-state index in [9.17, 15) is 8.42 Å². The lowest BCUT2D eigenvalue weighted by molar-refractivity contribution is 0.0376. The minimum absolute atomic E-state index is 0.374. The van der Waals surface area contributed by atoms with Crippen LogP contribution in [0, 0.1) is 0 Å². The fourth-order valence-electron chi connectivity index (χ4n) is 3.77. The maximum absolute atomic E-state index is 12.4. The molecule has 0 spiro atoms. The molecule has 1 saturated heterocycles. The average Bonchev–Trinajstić information content (AvgIpc) is 2.67. The number of hydrogen-bond donors (Lipinski definition) is 1. The normalized spacial score (nSPS) is 20.6. The van der Waals surface area contributed by atoms with Gasteiger partial charge in [0.2, 0.25) is 10.0 Å². The highest BCUT2D eigenvalue weighted by molar-refractivity contribution is 7.89.